The van der Waals surface area contributed by atoms with Gasteiger partial charge in [0.2, 0.25) is 5.91 Å². The maximum absolute atomic E-state index is 12.4. The second-order valence-electron chi connectivity index (χ2n) is 8.45. The Morgan fingerprint density at radius 1 is 1.31 bits per heavy atom. The minimum atomic E-state index is -0.443. The summed E-state index contributed by atoms with van der Waals surface area (Å²) in [6.07, 6.45) is 8.00. The molecule has 0 aromatic carbocycles. The van der Waals surface area contributed by atoms with Gasteiger partial charge in [0.1, 0.15) is 5.76 Å². The van der Waals surface area contributed by atoms with Gasteiger partial charge in [0.25, 0.3) is 11.8 Å². The first-order valence-electron chi connectivity index (χ1n) is 9.92. The third-order valence-electron chi connectivity index (χ3n) is 4.59. The molecule has 1 aliphatic heterocycles. The smallest absolute Gasteiger partial charge is 0.257 e. The number of nitrogens with zero attached hydrogens (tertiary/aromatic N) is 1. The van der Waals surface area contributed by atoms with Crippen LogP contribution in [0.5, 0.6) is 0 Å². The van der Waals surface area contributed by atoms with Crippen molar-refractivity contribution in [1.82, 2.24) is 10.2 Å². The van der Waals surface area contributed by atoms with Crippen molar-refractivity contribution in [3.05, 3.63) is 35.1 Å². The van der Waals surface area contributed by atoms with Crippen LogP contribution in [0.15, 0.2) is 35.1 Å². The first-order chi connectivity index (χ1) is 13.6. The quantitative estimate of drug-likeness (QED) is 0.326. The van der Waals surface area contributed by atoms with Crippen molar-refractivity contribution in [2.75, 3.05) is 13.7 Å². The molecule has 1 heterocycles. The van der Waals surface area contributed by atoms with Gasteiger partial charge >= 0.3 is 0 Å². The summed E-state index contributed by atoms with van der Waals surface area (Å²) >= 11 is 5.88. The molecule has 1 unspecified atom stereocenters. The van der Waals surface area contributed by atoms with Crippen LogP contribution in [0.3, 0.4) is 0 Å². The fourth-order valence-electron chi connectivity index (χ4n) is 2.89. The molecule has 0 aromatic heterocycles. The van der Waals surface area contributed by atoms with Crippen molar-refractivity contribution in [2.24, 2.45) is 5.41 Å². The first-order valence-corrected chi connectivity index (χ1v) is 10.4. The van der Waals surface area contributed by atoms with Crippen LogP contribution in [0, 0.1) is 5.41 Å². The molecule has 0 spiro atoms. The molecule has 3 amide bonds. The fourth-order valence-corrected chi connectivity index (χ4v) is 3.05. The Morgan fingerprint density at radius 2 is 2.00 bits per heavy atom. The molecule has 0 aromatic rings. The van der Waals surface area contributed by atoms with Crippen molar-refractivity contribution in [1.29, 1.82) is 0 Å². The lowest BCUT2D eigenvalue weighted by molar-refractivity contribution is -0.139. The molecule has 1 aliphatic rings. The number of hydrogen-bond donors (Lipinski definition) is 1. The van der Waals surface area contributed by atoms with E-state index in [1.54, 1.807) is 13.0 Å². The molecule has 162 valence electrons. The number of nitrogens with one attached hydrogen (secondary N) is 1. The van der Waals surface area contributed by atoms with E-state index in [-0.39, 0.29) is 36.2 Å². The molecular weight excluding hydrogens is 392 g/mol. The number of rotatable bonds is 10. The predicted octanol–water partition coefficient (Wildman–Crippen LogP) is 4.07. The van der Waals surface area contributed by atoms with Crippen LogP contribution in [0.4, 0.5) is 0 Å². The maximum atomic E-state index is 12.4. The number of unbranched alkanes of at least 4 members (excludes halogenated alkanes) is 1. The number of halogens is 1. The molecule has 6 nitrogen and oxygen atoms in total. The molecule has 0 saturated heterocycles. The topological polar surface area (TPSA) is 75.7 Å². The van der Waals surface area contributed by atoms with Crippen molar-refractivity contribution < 1.29 is 19.1 Å². The standard InChI is InChI=1S/C22H33ClN2O4/c1-16-9-10-20(27)25(16)21(28)13-18(29-5)12-17(14-23)15-24-19(26)8-6-7-11-22(2,3)4/h9-10,13-14,16H,6-8,11-12,15H2,1-5H3,(H,24,26). The third-order valence-corrected chi connectivity index (χ3v) is 4.90. The number of hydrogen-bond acceptors (Lipinski definition) is 4. The SMILES string of the molecule is COC(=CC(=O)N1C(=O)C=CC1C)CC(=CCl)CNC(=O)CCCCC(C)(C)C. The molecule has 7 heteroatoms. The maximum Gasteiger partial charge on any atom is 0.257 e. The average molecular weight is 425 g/mol. The van der Waals surface area contributed by atoms with E-state index in [2.05, 4.69) is 26.1 Å². The molecular formula is C22H33ClN2O4. The lowest BCUT2D eigenvalue weighted by Crippen LogP contribution is -2.36. The number of amides is 3. The number of methoxy groups -OCH3 is 1. The Hall–Kier alpha value is -2.08. The summed E-state index contributed by atoms with van der Waals surface area (Å²) < 4.78 is 5.27. The van der Waals surface area contributed by atoms with Crippen molar-refractivity contribution in [3.8, 4) is 0 Å². The van der Waals surface area contributed by atoms with Crippen LogP contribution in [0.1, 0.15) is 59.8 Å². The summed E-state index contributed by atoms with van der Waals surface area (Å²) in [6.45, 7) is 8.60. The lowest BCUT2D eigenvalue weighted by atomic mass is 9.89. The second kappa shape index (κ2) is 11.8. The first kappa shape index (κ1) is 25.0. The Bertz CT molecular complexity index is 689. The zero-order valence-electron chi connectivity index (χ0n) is 18.1. The van der Waals surface area contributed by atoms with Gasteiger partial charge in [-0.3, -0.25) is 19.3 Å². The summed E-state index contributed by atoms with van der Waals surface area (Å²) in [7, 11) is 1.45. The highest BCUT2D eigenvalue weighted by molar-refractivity contribution is 6.25. The Kier molecular flexibility index (Phi) is 10.2. The summed E-state index contributed by atoms with van der Waals surface area (Å²) in [5.41, 5.74) is 2.36. The number of allylic oxidation sites excluding steroid dienone is 1. The summed E-state index contributed by atoms with van der Waals surface area (Å²) in [4.78, 5) is 37.3. The van der Waals surface area contributed by atoms with Crippen LogP contribution in [0.25, 0.3) is 0 Å². The van der Waals surface area contributed by atoms with Crippen molar-refractivity contribution >= 4 is 29.3 Å². The van der Waals surface area contributed by atoms with E-state index in [9.17, 15) is 14.4 Å². The van der Waals surface area contributed by atoms with E-state index in [1.807, 2.05) is 0 Å². The van der Waals surface area contributed by atoms with Gasteiger partial charge in [0.05, 0.1) is 13.2 Å². The van der Waals surface area contributed by atoms with E-state index >= 15 is 0 Å². The summed E-state index contributed by atoms with van der Waals surface area (Å²) in [6, 6.07) is -0.287. The second-order valence-corrected chi connectivity index (χ2v) is 8.67. The predicted molar refractivity (Wildman–Crippen MR) is 115 cm³/mol. The normalized spacial score (nSPS) is 17.7. The summed E-state index contributed by atoms with van der Waals surface area (Å²) in [5, 5.41) is 2.85. The fraction of sp³-hybridized carbons (Fsp3) is 0.591. The highest BCUT2D eigenvalue weighted by Crippen LogP contribution is 2.22. The van der Waals surface area contributed by atoms with Crippen LogP contribution >= 0.6 is 11.6 Å². The molecule has 0 bridgehead atoms. The highest BCUT2D eigenvalue weighted by Gasteiger charge is 2.27. The largest absolute Gasteiger partial charge is 0.501 e. The Morgan fingerprint density at radius 3 is 2.52 bits per heavy atom. The van der Waals surface area contributed by atoms with Crippen LogP contribution in [-0.2, 0) is 19.1 Å². The molecule has 0 radical (unpaired) electrons. The number of imide groups is 1. The minimum Gasteiger partial charge on any atom is -0.501 e. The zero-order valence-corrected chi connectivity index (χ0v) is 18.8. The number of carbonyl (C=O) groups is 3. The van der Waals surface area contributed by atoms with Gasteiger partial charge in [-0.1, -0.05) is 44.9 Å². The van der Waals surface area contributed by atoms with Gasteiger partial charge in [-0.05, 0) is 30.8 Å². The molecule has 0 fully saturated rings. The van der Waals surface area contributed by atoms with Gasteiger partial charge in [-0.25, -0.2) is 0 Å². The van der Waals surface area contributed by atoms with Crippen LogP contribution in [0.2, 0.25) is 0 Å². The van der Waals surface area contributed by atoms with Crippen LogP contribution in [-0.4, -0.2) is 42.3 Å². The van der Waals surface area contributed by atoms with Gasteiger partial charge < -0.3 is 10.1 Å². The monoisotopic (exact) mass is 424 g/mol. The van der Waals surface area contributed by atoms with E-state index in [4.69, 9.17) is 16.3 Å². The Balaban J connectivity index is 2.50. The molecule has 0 saturated carbocycles. The molecule has 29 heavy (non-hydrogen) atoms. The molecule has 1 rings (SSSR count). The Labute approximate surface area is 179 Å². The van der Waals surface area contributed by atoms with E-state index in [0.29, 0.717) is 17.8 Å². The van der Waals surface area contributed by atoms with E-state index < -0.39 is 5.91 Å². The van der Waals surface area contributed by atoms with Crippen molar-refractivity contribution in [3.63, 3.8) is 0 Å². The van der Waals surface area contributed by atoms with Crippen LogP contribution < -0.4 is 5.32 Å². The van der Waals surface area contributed by atoms with E-state index in [1.165, 1.54) is 24.8 Å². The summed E-state index contributed by atoms with van der Waals surface area (Å²) in [5.74, 6) is -0.452. The number of ether oxygens (including phenoxy) is 1. The number of carbonyl (C=O) groups excluding carboxylic acids is 3. The van der Waals surface area contributed by atoms with Gasteiger partial charge in [0.15, 0.2) is 0 Å². The van der Waals surface area contributed by atoms with Gasteiger partial charge in [-0.2, -0.15) is 0 Å². The zero-order chi connectivity index (χ0) is 22.0. The van der Waals surface area contributed by atoms with E-state index in [0.717, 1.165) is 24.2 Å². The lowest BCUT2D eigenvalue weighted by Gasteiger charge is -2.18. The van der Waals surface area contributed by atoms with Gasteiger partial charge in [-0.15, -0.1) is 0 Å². The third kappa shape index (κ3) is 9.31. The molecule has 1 atom stereocenters. The minimum absolute atomic E-state index is 0.0310. The van der Waals surface area contributed by atoms with Crippen molar-refractivity contribution in [2.45, 2.75) is 65.8 Å². The molecule has 1 N–H and O–H groups in total. The average Bonchev–Trinajstić information content (AvgIpc) is 2.98. The highest BCUT2D eigenvalue weighted by atomic mass is 35.5. The van der Waals surface area contributed by atoms with Gasteiger partial charge in [0, 0.05) is 37.1 Å². The molecule has 0 aliphatic carbocycles.